The lowest BCUT2D eigenvalue weighted by Crippen LogP contribution is -2.26. The van der Waals surface area contributed by atoms with Gasteiger partial charge in [-0.2, -0.15) is 0 Å². The number of nitrogens with zero attached hydrogens (tertiary/aromatic N) is 2. The third-order valence-corrected chi connectivity index (χ3v) is 3.87. The summed E-state index contributed by atoms with van der Waals surface area (Å²) in [5, 5.41) is 10.2. The Balaban J connectivity index is 2.30. The predicted octanol–water partition coefficient (Wildman–Crippen LogP) is 2.36. The summed E-state index contributed by atoms with van der Waals surface area (Å²) in [4.78, 5) is 16.2. The summed E-state index contributed by atoms with van der Waals surface area (Å²) >= 11 is 3.39. The van der Waals surface area contributed by atoms with E-state index >= 15 is 0 Å². The fourth-order valence-electron chi connectivity index (χ4n) is 1.84. The van der Waals surface area contributed by atoms with E-state index in [9.17, 15) is 9.90 Å². The highest BCUT2D eigenvalue weighted by Crippen LogP contribution is 2.23. The van der Waals surface area contributed by atoms with Crippen molar-refractivity contribution in [3.63, 3.8) is 0 Å². The summed E-state index contributed by atoms with van der Waals surface area (Å²) in [6.07, 6.45) is 0.724. The summed E-state index contributed by atoms with van der Waals surface area (Å²) in [6, 6.07) is 7.42. The number of aliphatic hydroxyl groups excluding tert-OH is 1. The molecule has 2 rings (SSSR count). The number of aliphatic hydroxyl groups is 1. The molecule has 0 fully saturated rings. The van der Waals surface area contributed by atoms with Gasteiger partial charge in [-0.25, -0.2) is 4.98 Å². The van der Waals surface area contributed by atoms with Gasteiger partial charge in [0.1, 0.15) is 0 Å². The molecule has 1 heterocycles. The maximum atomic E-state index is 12.0. The molecule has 0 saturated carbocycles. The Morgan fingerprint density at radius 1 is 1.37 bits per heavy atom. The average Bonchev–Trinajstić information content (AvgIpc) is 2.40. The minimum atomic E-state index is -0.753. The van der Waals surface area contributed by atoms with Crippen molar-refractivity contribution in [1.82, 2.24) is 9.55 Å². The normalized spacial score (nSPS) is 12.4. The number of aromatic nitrogens is 2. The van der Waals surface area contributed by atoms with Crippen LogP contribution in [0.1, 0.15) is 22.9 Å². The van der Waals surface area contributed by atoms with Crippen molar-refractivity contribution >= 4 is 15.9 Å². The van der Waals surface area contributed by atoms with Crippen molar-refractivity contribution in [2.75, 3.05) is 0 Å². The summed E-state index contributed by atoms with van der Waals surface area (Å²) in [5.74, 6) is 0. The van der Waals surface area contributed by atoms with Crippen LogP contribution in [0.2, 0.25) is 0 Å². The van der Waals surface area contributed by atoms with Crippen LogP contribution in [0.3, 0.4) is 0 Å². The Labute approximate surface area is 119 Å². The number of halogens is 1. The van der Waals surface area contributed by atoms with Crippen molar-refractivity contribution in [2.24, 2.45) is 0 Å². The molecule has 0 aliphatic rings. The molecule has 1 N–H and O–H groups in total. The van der Waals surface area contributed by atoms with Crippen molar-refractivity contribution in [2.45, 2.75) is 26.5 Å². The van der Waals surface area contributed by atoms with E-state index in [2.05, 4.69) is 20.9 Å². The molecule has 0 amide bonds. The maximum absolute atomic E-state index is 12.0. The Kier molecular flexibility index (Phi) is 4.17. The lowest BCUT2D eigenvalue weighted by Gasteiger charge is -2.15. The molecule has 100 valence electrons. The van der Waals surface area contributed by atoms with Crippen LogP contribution in [0.5, 0.6) is 0 Å². The molecule has 0 radical (unpaired) electrons. The second-order valence-electron chi connectivity index (χ2n) is 4.45. The van der Waals surface area contributed by atoms with Crippen LogP contribution in [0.4, 0.5) is 0 Å². The molecule has 2 aromatic rings. The van der Waals surface area contributed by atoms with Gasteiger partial charge in [-0.05, 0) is 25.5 Å². The number of aryl methyl sites for hydroxylation is 1. The SMILES string of the molecule is Cc1ncn(C[C@@H](O)c2ccccc2Br)c(=O)c1C. The molecule has 5 heteroatoms. The number of hydrogen-bond acceptors (Lipinski definition) is 3. The molecule has 0 unspecified atom stereocenters. The van der Waals surface area contributed by atoms with Gasteiger partial charge >= 0.3 is 0 Å². The first-order valence-electron chi connectivity index (χ1n) is 5.96. The highest BCUT2D eigenvalue weighted by molar-refractivity contribution is 9.10. The lowest BCUT2D eigenvalue weighted by molar-refractivity contribution is 0.153. The zero-order valence-electron chi connectivity index (χ0n) is 10.8. The van der Waals surface area contributed by atoms with Crippen LogP contribution in [0, 0.1) is 13.8 Å². The highest BCUT2D eigenvalue weighted by Gasteiger charge is 2.13. The molecule has 1 aromatic carbocycles. The second kappa shape index (κ2) is 5.67. The molecule has 4 nitrogen and oxygen atoms in total. The molecular formula is C14H15BrN2O2. The number of benzene rings is 1. The molecule has 1 aromatic heterocycles. The van der Waals surface area contributed by atoms with Gasteiger partial charge in [0.05, 0.1) is 19.0 Å². The second-order valence-corrected chi connectivity index (χ2v) is 5.30. The van der Waals surface area contributed by atoms with Crippen molar-refractivity contribution in [3.05, 3.63) is 62.2 Å². The van der Waals surface area contributed by atoms with Crippen LogP contribution in [-0.4, -0.2) is 14.7 Å². The Morgan fingerprint density at radius 2 is 2.05 bits per heavy atom. The van der Waals surface area contributed by atoms with Crippen LogP contribution >= 0.6 is 15.9 Å². The van der Waals surface area contributed by atoms with E-state index in [-0.39, 0.29) is 12.1 Å². The van der Waals surface area contributed by atoms with Gasteiger partial charge in [0.15, 0.2) is 0 Å². The van der Waals surface area contributed by atoms with Gasteiger partial charge in [-0.15, -0.1) is 0 Å². The number of hydrogen-bond donors (Lipinski definition) is 1. The topological polar surface area (TPSA) is 55.1 Å². The van der Waals surface area contributed by atoms with Gasteiger partial charge in [0.25, 0.3) is 5.56 Å². The summed E-state index contributed by atoms with van der Waals surface area (Å²) in [6.45, 7) is 3.73. The first-order chi connectivity index (χ1) is 9.00. The van der Waals surface area contributed by atoms with Crippen LogP contribution in [0.15, 0.2) is 39.9 Å². The molecule has 0 bridgehead atoms. The summed E-state index contributed by atoms with van der Waals surface area (Å²) in [7, 11) is 0. The molecule has 0 saturated heterocycles. The van der Waals surface area contributed by atoms with Gasteiger partial charge in [0, 0.05) is 15.7 Å². The van der Waals surface area contributed by atoms with Crippen molar-refractivity contribution < 1.29 is 5.11 Å². The van der Waals surface area contributed by atoms with E-state index in [1.54, 1.807) is 13.8 Å². The first kappa shape index (κ1) is 14.0. The first-order valence-corrected chi connectivity index (χ1v) is 6.75. The Bertz CT molecular complexity index is 652. The zero-order valence-corrected chi connectivity index (χ0v) is 12.4. The smallest absolute Gasteiger partial charge is 0.256 e. The minimum Gasteiger partial charge on any atom is -0.386 e. The van der Waals surface area contributed by atoms with Gasteiger partial charge in [-0.1, -0.05) is 34.1 Å². The van der Waals surface area contributed by atoms with E-state index in [1.807, 2.05) is 24.3 Å². The van der Waals surface area contributed by atoms with Crippen LogP contribution in [0.25, 0.3) is 0 Å². The molecule has 1 atom stereocenters. The molecule has 0 aliphatic carbocycles. The van der Waals surface area contributed by atoms with Gasteiger partial charge in [0.2, 0.25) is 0 Å². The quantitative estimate of drug-likeness (QED) is 0.943. The minimum absolute atomic E-state index is 0.112. The third kappa shape index (κ3) is 2.93. The molecule has 0 aliphatic heterocycles. The highest BCUT2D eigenvalue weighted by atomic mass is 79.9. The van der Waals surface area contributed by atoms with Gasteiger partial charge in [-0.3, -0.25) is 9.36 Å². The summed E-state index contributed by atoms with van der Waals surface area (Å²) in [5.41, 5.74) is 1.98. The van der Waals surface area contributed by atoms with E-state index in [0.717, 1.165) is 15.7 Å². The fourth-order valence-corrected chi connectivity index (χ4v) is 2.38. The zero-order chi connectivity index (χ0) is 14.0. The standard InChI is InChI=1S/C14H15BrN2O2/c1-9-10(2)16-8-17(14(9)19)7-13(18)11-5-3-4-6-12(11)15/h3-6,8,13,18H,7H2,1-2H3/t13-/m1/s1. The van der Waals surface area contributed by atoms with E-state index in [1.165, 1.54) is 10.9 Å². The maximum Gasteiger partial charge on any atom is 0.256 e. The monoisotopic (exact) mass is 322 g/mol. The third-order valence-electron chi connectivity index (χ3n) is 3.15. The van der Waals surface area contributed by atoms with Crippen molar-refractivity contribution in [3.8, 4) is 0 Å². The average molecular weight is 323 g/mol. The Morgan fingerprint density at radius 3 is 2.74 bits per heavy atom. The van der Waals surface area contributed by atoms with Gasteiger partial charge < -0.3 is 5.11 Å². The fraction of sp³-hybridized carbons (Fsp3) is 0.286. The van der Waals surface area contributed by atoms with Crippen LogP contribution < -0.4 is 5.56 Å². The molecule has 19 heavy (non-hydrogen) atoms. The largest absolute Gasteiger partial charge is 0.386 e. The van der Waals surface area contributed by atoms with E-state index in [4.69, 9.17) is 0 Å². The van der Waals surface area contributed by atoms with E-state index in [0.29, 0.717) is 5.56 Å². The number of rotatable bonds is 3. The molecular weight excluding hydrogens is 308 g/mol. The molecule has 0 spiro atoms. The van der Waals surface area contributed by atoms with Crippen molar-refractivity contribution in [1.29, 1.82) is 0 Å². The summed E-state index contributed by atoms with van der Waals surface area (Å²) < 4.78 is 2.26. The predicted molar refractivity (Wildman–Crippen MR) is 77.1 cm³/mol. The van der Waals surface area contributed by atoms with E-state index < -0.39 is 6.10 Å². The van der Waals surface area contributed by atoms with Crippen LogP contribution in [-0.2, 0) is 6.54 Å². The lowest BCUT2D eigenvalue weighted by atomic mass is 10.1. The Hall–Kier alpha value is -1.46.